The minimum absolute atomic E-state index is 0.134. The summed E-state index contributed by atoms with van der Waals surface area (Å²) in [5.74, 6) is 0. The number of carbonyl (C=O) groups is 1. The van der Waals surface area contributed by atoms with E-state index in [9.17, 15) is 4.79 Å². The minimum Gasteiger partial charge on any atom is -0.444 e. The van der Waals surface area contributed by atoms with E-state index >= 15 is 0 Å². The second kappa shape index (κ2) is 4.66. The maximum absolute atomic E-state index is 11.4. The van der Waals surface area contributed by atoms with E-state index in [0.717, 1.165) is 0 Å². The maximum atomic E-state index is 11.4. The minimum atomic E-state index is -0.486. The van der Waals surface area contributed by atoms with Gasteiger partial charge in [-0.25, -0.2) is 9.79 Å². The van der Waals surface area contributed by atoms with Crippen LogP contribution < -0.4 is 5.32 Å². The van der Waals surface area contributed by atoms with Crippen LogP contribution in [0.1, 0.15) is 27.2 Å². The van der Waals surface area contributed by atoms with Crippen molar-refractivity contribution in [2.75, 3.05) is 0 Å². The first-order valence-electron chi connectivity index (χ1n) is 4.76. The number of nitrogens with one attached hydrogen (secondary N) is 1. The van der Waals surface area contributed by atoms with Gasteiger partial charge >= 0.3 is 6.09 Å². The molecule has 0 saturated heterocycles. The van der Waals surface area contributed by atoms with Gasteiger partial charge in [0.2, 0.25) is 0 Å². The van der Waals surface area contributed by atoms with Crippen molar-refractivity contribution in [1.82, 2.24) is 5.32 Å². The Balaban J connectivity index is 2.43. The van der Waals surface area contributed by atoms with Crippen LogP contribution in [0.5, 0.6) is 0 Å². The number of hydrogen-bond donors (Lipinski definition) is 1. The summed E-state index contributed by atoms with van der Waals surface area (Å²) >= 11 is 5.70. The first-order chi connectivity index (χ1) is 6.87. The van der Waals surface area contributed by atoms with Crippen molar-refractivity contribution >= 4 is 23.9 Å². The Morgan fingerprint density at radius 1 is 1.67 bits per heavy atom. The highest BCUT2D eigenvalue weighted by molar-refractivity contribution is 6.30. The number of carbonyl (C=O) groups excluding carboxylic acids is 1. The molecule has 0 aromatic rings. The van der Waals surface area contributed by atoms with Crippen LogP contribution in [0.2, 0.25) is 0 Å². The van der Waals surface area contributed by atoms with Crippen LogP contribution in [0.25, 0.3) is 0 Å². The highest BCUT2D eigenvalue weighted by Crippen LogP contribution is 2.12. The third-order valence-corrected chi connectivity index (χ3v) is 1.84. The van der Waals surface area contributed by atoms with E-state index in [-0.39, 0.29) is 6.04 Å². The quantitative estimate of drug-likeness (QED) is 0.704. The molecule has 0 aromatic carbocycles. The Kier molecular flexibility index (Phi) is 3.74. The van der Waals surface area contributed by atoms with Gasteiger partial charge in [0.25, 0.3) is 0 Å². The van der Waals surface area contributed by atoms with Crippen LogP contribution in [0.3, 0.4) is 0 Å². The molecule has 1 aliphatic rings. The van der Waals surface area contributed by atoms with Gasteiger partial charge < -0.3 is 10.1 Å². The van der Waals surface area contributed by atoms with E-state index in [1.54, 1.807) is 12.3 Å². The molecule has 1 heterocycles. The van der Waals surface area contributed by atoms with E-state index in [0.29, 0.717) is 11.6 Å². The molecule has 4 nitrogen and oxygen atoms in total. The summed E-state index contributed by atoms with van der Waals surface area (Å²) in [6.45, 7) is 5.45. The summed E-state index contributed by atoms with van der Waals surface area (Å²) in [6.07, 6.45) is 3.55. The molecule has 0 bridgehead atoms. The Hall–Kier alpha value is -1.03. The van der Waals surface area contributed by atoms with Gasteiger partial charge in [0.15, 0.2) is 0 Å². The molecule has 84 valence electrons. The first-order valence-corrected chi connectivity index (χ1v) is 5.14. The summed E-state index contributed by atoms with van der Waals surface area (Å²) in [7, 11) is 0. The summed E-state index contributed by atoms with van der Waals surface area (Å²) in [6, 6.07) is -0.134. The van der Waals surface area contributed by atoms with Gasteiger partial charge in [-0.15, -0.1) is 0 Å². The number of ether oxygens (including phenoxy) is 1. The Labute approximate surface area is 94.4 Å². The van der Waals surface area contributed by atoms with E-state index in [1.165, 1.54) is 0 Å². The fraction of sp³-hybridized carbons (Fsp3) is 0.600. The second-order valence-electron chi connectivity index (χ2n) is 4.29. The highest BCUT2D eigenvalue weighted by atomic mass is 35.5. The molecular weight excluding hydrogens is 216 g/mol. The van der Waals surface area contributed by atoms with Gasteiger partial charge in [0, 0.05) is 12.6 Å². The summed E-state index contributed by atoms with van der Waals surface area (Å²) < 4.78 is 5.11. The standard InChI is InChI=1S/C10H15ClN2O2/c1-10(2,3)15-9(14)13-7-4-5-12-8(11)6-7/h5-7H,4H2,1-3H3,(H,13,14). The van der Waals surface area contributed by atoms with Crippen molar-refractivity contribution in [3.8, 4) is 0 Å². The van der Waals surface area contributed by atoms with Crippen molar-refractivity contribution < 1.29 is 9.53 Å². The number of halogens is 1. The summed E-state index contributed by atoms with van der Waals surface area (Å²) in [5.41, 5.74) is -0.486. The molecule has 1 atom stereocenters. The Morgan fingerprint density at radius 2 is 2.33 bits per heavy atom. The Morgan fingerprint density at radius 3 is 2.87 bits per heavy atom. The molecular formula is C10H15ClN2O2. The first kappa shape index (κ1) is 12.0. The van der Waals surface area contributed by atoms with Crippen molar-refractivity contribution in [3.05, 3.63) is 11.2 Å². The average Bonchev–Trinajstić information content (AvgIpc) is 1.99. The number of rotatable bonds is 1. The number of amides is 1. The van der Waals surface area contributed by atoms with E-state index in [4.69, 9.17) is 16.3 Å². The zero-order valence-corrected chi connectivity index (χ0v) is 9.84. The van der Waals surface area contributed by atoms with Crippen LogP contribution in [-0.4, -0.2) is 24.0 Å². The zero-order valence-electron chi connectivity index (χ0n) is 9.08. The van der Waals surface area contributed by atoms with Gasteiger partial charge in [-0.05, 0) is 26.8 Å². The number of nitrogens with zero attached hydrogens (tertiary/aromatic N) is 1. The topological polar surface area (TPSA) is 50.7 Å². The monoisotopic (exact) mass is 230 g/mol. The van der Waals surface area contributed by atoms with Gasteiger partial charge in [0.05, 0.1) is 6.04 Å². The molecule has 1 unspecified atom stereocenters. The lowest BCUT2D eigenvalue weighted by molar-refractivity contribution is 0.0516. The molecule has 1 rings (SSSR count). The second-order valence-corrected chi connectivity index (χ2v) is 4.68. The van der Waals surface area contributed by atoms with Gasteiger partial charge in [-0.1, -0.05) is 11.6 Å². The molecule has 1 amide bonds. The predicted molar refractivity (Wildman–Crippen MR) is 60.2 cm³/mol. The fourth-order valence-corrected chi connectivity index (χ4v) is 1.31. The van der Waals surface area contributed by atoms with E-state index in [1.807, 2.05) is 20.8 Å². The lowest BCUT2D eigenvalue weighted by Gasteiger charge is -2.22. The molecule has 0 aliphatic carbocycles. The van der Waals surface area contributed by atoms with Crippen molar-refractivity contribution in [2.45, 2.75) is 38.8 Å². The lowest BCUT2D eigenvalue weighted by atomic mass is 10.2. The highest BCUT2D eigenvalue weighted by Gasteiger charge is 2.19. The number of hydrogen-bond acceptors (Lipinski definition) is 3. The average molecular weight is 231 g/mol. The molecule has 0 aromatic heterocycles. The third kappa shape index (κ3) is 4.83. The summed E-state index contributed by atoms with van der Waals surface area (Å²) in [5, 5.41) is 3.08. The molecule has 0 fully saturated rings. The maximum Gasteiger partial charge on any atom is 0.408 e. The third-order valence-electron chi connectivity index (χ3n) is 1.61. The SMILES string of the molecule is CC(C)(C)OC(=O)NC1C=C(Cl)N=CC1. The number of alkyl carbamates (subject to hydrolysis) is 1. The smallest absolute Gasteiger partial charge is 0.408 e. The van der Waals surface area contributed by atoms with Crippen LogP contribution in [0.15, 0.2) is 16.2 Å². The van der Waals surface area contributed by atoms with Gasteiger partial charge in [0.1, 0.15) is 10.8 Å². The fourth-order valence-electron chi connectivity index (χ4n) is 1.09. The Bertz CT molecular complexity index is 305. The normalized spacial score (nSPS) is 20.8. The largest absolute Gasteiger partial charge is 0.444 e. The van der Waals surface area contributed by atoms with Crippen LogP contribution in [-0.2, 0) is 4.74 Å². The van der Waals surface area contributed by atoms with Crippen molar-refractivity contribution in [3.63, 3.8) is 0 Å². The van der Waals surface area contributed by atoms with Crippen LogP contribution >= 0.6 is 11.6 Å². The zero-order chi connectivity index (χ0) is 11.5. The van der Waals surface area contributed by atoms with Gasteiger partial charge in [-0.2, -0.15) is 0 Å². The van der Waals surface area contributed by atoms with E-state index in [2.05, 4.69) is 10.3 Å². The van der Waals surface area contributed by atoms with Crippen molar-refractivity contribution in [2.24, 2.45) is 4.99 Å². The van der Waals surface area contributed by atoms with Crippen LogP contribution in [0, 0.1) is 0 Å². The predicted octanol–water partition coefficient (Wildman–Crippen LogP) is 2.43. The molecule has 1 aliphatic heterocycles. The molecule has 0 radical (unpaired) electrons. The molecule has 0 spiro atoms. The van der Waals surface area contributed by atoms with Crippen molar-refractivity contribution in [1.29, 1.82) is 0 Å². The van der Waals surface area contributed by atoms with Gasteiger partial charge in [-0.3, -0.25) is 0 Å². The summed E-state index contributed by atoms with van der Waals surface area (Å²) in [4.78, 5) is 15.3. The van der Waals surface area contributed by atoms with Crippen LogP contribution in [0.4, 0.5) is 4.79 Å². The molecule has 15 heavy (non-hydrogen) atoms. The lowest BCUT2D eigenvalue weighted by Crippen LogP contribution is -2.39. The molecule has 5 heteroatoms. The molecule has 0 saturated carbocycles. The van der Waals surface area contributed by atoms with E-state index < -0.39 is 11.7 Å². The number of aliphatic imine (C=N–C) groups is 1. The molecule has 1 N–H and O–H groups in total.